The summed E-state index contributed by atoms with van der Waals surface area (Å²) in [5.41, 5.74) is 0.870. The molecule has 5 heteroatoms. The summed E-state index contributed by atoms with van der Waals surface area (Å²) in [6.07, 6.45) is -0.513. The van der Waals surface area contributed by atoms with Crippen LogP contribution in [0.3, 0.4) is 0 Å². The van der Waals surface area contributed by atoms with Crippen molar-refractivity contribution in [1.29, 1.82) is 0 Å². The quantitative estimate of drug-likeness (QED) is 0.902. The van der Waals surface area contributed by atoms with E-state index in [2.05, 4.69) is 15.9 Å². The van der Waals surface area contributed by atoms with Crippen molar-refractivity contribution in [3.05, 3.63) is 28.2 Å². The largest absolute Gasteiger partial charge is 0.497 e. The minimum Gasteiger partial charge on any atom is -0.497 e. The van der Waals surface area contributed by atoms with Gasteiger partial charge in [-0.2, -0.15) is 0 Å². The molecule has 4 nitrogen and oxygen atoms in total. The third kappa shape index (κ3) is 3.21. The zero-order valence-electron chi connectivity index (χ0n) is 9.07. The van der Waals surface area contributed by atoms with E-state index >= 15 is 0 Å². The number of carboxylic acid groups (broad SMARTS) is 1. The minimum atomic E-state index is -0.967. The van der Waals surface area contributed by atoms with Crippen LogP contribution in [0, 0.1) is 0 Å². The van der Waals surface area contributed by atoms with Crippen LogP contribution in [0.1, 0.15) is 5.56 Å². The number of aliphatic carboxylic acids is 1. The lowest BCUT2D eigenvalue weighted by molar-refractivity contribution is -0.148. The van der Waals surface area contributed by atoms with Crippen LogP contribution in [0.4, 0.5) is 0 Å². The summed E-state index contributed by atoms with van der Waals surface area (Å²) in [6.45, 7) is 0. The van der Waals surface area contributed by atoms with Gasteiger partial charge in [0.05, 0.1) is 7.11 Å². The Hall–Kier alpha value is -1.07. The Morgan fingerprint density at radius 1 is 1.50 bits per heavy atom. The highest BCUT2D eigenvalue weighted by Gasteiger charge is 2.18. The minimum absolute atomic E-state index is 0.316. The van der Waals surface area contributed by atoms with E-state index in [-0.39, 0.29) is 0 Å². The van der Waals surface area contributed by atoms with Crippen LogP contribution in [0.25, 0.3) is 0 Å². The molecule has 1 rings (SSSR count). The molecule has 0 fully saturated rings. The van der Waals surface area contributed by atoms with Gasteiger partial charge in [0.2, 0.25) is 0 Å². The molecule has 16 heavy (non-hydrogen) atoms. The summed E-state index contributed by atoms with van der Waals surface area (Å²) in [4.78, 5) is 10.8. The van der Waals surface area contributed by atoms with Gasteiger partial charge >= 0.3 is 5.97 Å². The molecule has 0 saturated carbocycles. The van der Waals surface area contributed by atoms with Crippen molar-refractivity contribution in [1.82, 2.24) is 0 Å². The fourth-order valence-corrected chi connectivity index (χ4v) is 1.81. The van der Waals surface area contributed by atoms with Crippen LogP contribution in [-0.4, -0.2) is 31.4 Å². The van der Waals surface area contributed by atoms with E-state index in [4.69, 9.17) is 14.6 Å². The topological polar surface area (TPSA) is 55.8 Å². The second-order valence-corrected chi connectivity index (χ2v) is 4.08. The number of benzene rings is 1. The highest BCUT2D eigenvalue weighted by atomic mass is 79.9. The van der Waals surface area contributed by atoms with Crippen molar-refractivity contribution in [3.63, 3.8) is 0 Å². The molecule has 0 heterocycles. The predicted octanol–water partition coefficient (Wildman–Crippen LogP) is 2.10. The number of halogens is 1. The van der Waals surface area contributed by atoms with E-state index in [1.165, 1.54) is 7.11 Å². The summed E-state index contributed by atoms with van der Waals surface area (Å²) >= 11 is 3.37. The maximum atomic E-state index is 10.8. The summed E-state index contributed by atoms with van der Waals surface area (Å²) < 4.78 is 10.7. The van der Waals surface area contributed by atoms with E-state index in [9.17, 15) is 4.79 Å². The first-order chi connectivity index (χ1) is 7.58. The first-order valence-corrected chi connectivity index (χ1v) is 5.45. The number of hydrogen-bond donors (Lipinski definition) is 1. The summed E-state index contributed by atoms with van der Waals surface area (Å²) in [5, 5.41) is 8.86. The third-order valence-electron chi connectivity index (χ3n) is 2.23. The Labute approximate surface area is 102 Å². The van der Waals surface area contributed by atoms with Gasteiger partial charge in [0, 0.05) is 18.0 Å². The van der Waals surface area contributed by atoms with Gasteiger partial charge in [0.1, 0.15) is 5.75 Å². The van der Waals surface area contributed by atoms with Crippen molar-refractivity contribution in [3.8, 4) is 5.75 Å². The molecule has 1 atom stereocenters. The summed E-state index contributed by atoms with van der Waals surface area (Å²) in [5.74, 6) is -0.245. The normalized spacial score (nSPS) is 12.2. The van der Waals surface area contributed by atoms with Gasteiger partial charge < -0.3 is 14.6 Å². The molecular weight excluding hydrogens is 276 g/mol. The van der Waals surface area contributed by atoms with Crippen LogP contribution < -0.4 is 4.74 Å². The van der Waals surface area contributed by atoms with Crippen molar-refractivity contribution in [2.24, 2.45) is 0 Å². The summed E-state index contributed by atoms with van der Waals surface area (Å²) in [6, 6.07) is 5.40. The summed E-state index contributed by atoms with van der Waals surface area (Å²) in [7, 11) is 2.97. The fourth-order valence-electron chi connectivity index (χ4n) is 1.29. The van der Waals surface area contributed by atoms with Crippen LogP contribution >= 0.6 is 15.9 Å². The van der Waals surface area contributed by atoms with Crippen molar-refractivity contribution in [2.45, 2.75) is 12.5 Å². The van der Waals surface area contributed by atoms with E-state index < -0.39 is 12.1 Å². The van der Waals surface area contributed by atoms with Crippen molar-refractivity contribution < 1.29 is 19.4 Å². The third-order valence-corrected chi connectivity index (χ3v) is 2.96. The van der Waals surface area contributed by atoms with Gasteiger partial charge in [-0.1, -0.05) is 22.0 Å². The number of methoxy groups -OCH3 is 2. The van der Waals surface area contributed by atoms with E-state index in [0.29, 0.717) is 6.42 Å². The average Bonchev–Trinajstić information content (AvgIpc) is 2.26. The van der Waals surface area contributed by atoms with Crippen LogP contribution in [0.15, 0.2) is 22.7 Å². The van der Waals surface area contributed by atoms with E-state index in [1.54, 1.807) is 19.2 Å². The molecule has 0 aromatic heterocycles. The lowest BCUT2D eigenvalue weighted by atomic mass is 10.1. The number of rotatable bonds is 5. The highest BCUT2D eigenvalue weighted by Crippen LogP contribution is 2.24. The standard InChI is InChI=1S/C11H13BrO4/c1-15-8-4-3-7(9(12)6-8)5-10(16-2)11(13)14/h3-4,6,10H,5H2,1-2H3,(H,13,14). The molecule has 0 radical (unpaired) electrons. The highest BCUT2D eigenvalue weighted by molar-refractivity contribution is 9.10. The van der Waals surface area contributed by atoms with Gasteiger partial charge in [0.15, 0.2) is 6.10 Å². The first-order valence-electron chi connectivity index (χ1n) is 4.66. The van der Waals surface area contributed by atoms with Gasteiger partial charge in [-0.25, -0.2) is 4.79 Å². The molecule has 88 valence electrons. The number of carbonyl (C=O) groups is 1. The second kappa shape index (κ2) is 5.86. The number of carboxylic acids is 1. The Morgan fingerprint density at radius 2 is 2.19 bits per heavy atom. The maximum Gasteiger partial charge on any atom is 0.333 e. The molecular formula is C11H13BrO4. The lowest BCUT2D eigenvalue weighted by Crippen LogP contribution is -2.24. The molecule has 1 N–H and O–H groups in total. The first kappa shape index (κ1) is 13.0. The molecule has 0 amide bonds. The van der Waals surface area contributed by atoms with Crippen molar-refractivity contribution in [2.75, 3.05) is 14.2 Å². The van der Waals surface area contributed by atoms with Gasteiger partial charge in [-0.15, -0.1) is 0 Å². The molecule has 0 saturated heterocycles. The molecule has 1 aromatic rings. The molecule has 0 spiro atoms. The van der Waals surface area contributed by atoms with Crippen LogP contribution in [0.2, 0.25) is 0 Å². The van der Waals surface area contributed by atoms with Gasteiger partial charge in [-0.05, 0) is 17.7 Å². The number of ether oxygens (including phenoxy) is 2. The molecule has 0 aliphatic carbocycles. The molecule has 1 unspecified atom stereocenters. The Balaban J connectivity index is 2.84. The van der Waals surface area contributed by atoms with E-state index in [1.807, 2.05) is 6.07 Å². The van der Waals surface area contributed by atoms with Crippen LogP contribution in [0.5, 0.6) is 5.75 Å². The average molecular weight is 289 g/mol. The van der Waals surface area contributed by atoms with Crippen molar-refractivity contribution >= 4 is 21.9 Å². The fraction of sp³-hybridized carbons (Fsp3) is 0.364. The Bertz CT molecular complexity index is 378. The SMILES string of the molecule is COc1ccc(CC(OC)C(=O)O)c(Br)c1. The predicted molar refractivity (Wildman–Crippen MR) is 62.8 cm³/mol. The lowest BCUT2D eigenvalue weighted by Gasteiger charge is -2.12. The second-order valence-electron chi connectivity index (χ2n) is 3.22. The Morgan fingerprint density at radius 3 is 2.62 bits per heavy atom. The molecule has 1 aromatic carbocycles. The van der Waals surface area contributed by atoms with Crippen LogP contribution in [-0.2, 0) is 16.0 Å². The molecule has 0 aliphatic heterocycles. The zero-order chi connectivity index (χ0) is 12.1. The zero-order valence-corrected chi connectivity index (χ0v) is 10.7. The molecule has 0 bridgehead atoms. The smallest absolute Gasteiger partial charge is 0.333 e. The Kier molecular flexibility index (Phi) is 4.76. The molecule has 0 aliphatic rings. The van der Waals surface area contributed by atoms with E-state index in [0.717, 1.165) is 15.8 Å². The maximum absolute atomic E-state index is 10.8. The number of hydrogen-bond acceptors (Lipinski definition) is 3. The monoisotopic (exact) mass is 288 g/mol. The van der Waals surface area contributed by atoms with Gasteiger partial charge in [-0.3, -0.25) is 0 Å². The van der Waals surface area contributed by atoms with Gasteiger partial charge in [0.25, 0.3) is 0 Å².